The zero-order valence-electron chi connectivity index (χ0n) is 14.7. The first-order chi connectivity index (χ1) is 13.7. The van der Waals surface area contributed by atoms with Crippen LogP contribution < -0.4 is 10.1 Å². The molecular formula is C18H14FN7O2. The van der Waals surface area contributed by atoms with E-state index in [4.69, 9.17) is 4.74 Å². The molecular weight excluding hydrogens is 365 g/mol. The predicted molar refractivity (Wildman–Crippen MR) is 98.3 cm³/mol. The van der Waals surface area contributed by atoms with E-state index in [1.54, 1.807) is 31.4 Å². The second kappa shape index (κ2) is 7.74. The molecule has 2 aromatic carbocycles. The maximum absolute atomic E-state index is 13.7. The van der Waals surface area contributed by atoms with Crippen molar-refractivity contribution in [3.05, 3.63) is 59.9 Å². The Bertz CT molecular complexity index is 1150. The van der Waals surface area contributed by atoms with E-state index >= 15 is 0 Å². The van der Waals surface area contributed by atoms with Gasteiger partial charge in [-0.3, -0.25) is 0 Å². The largest absolute Gasteiger partial charge is 0.495 e. The zero-order chi connectivity index (χ0) is 19.3. The molecule has 28 heavy (non-hydrogen) atoms. The highest BCUT2D eigenvalue weighted by Crippen LogP contribution is 2.31. The maximum atomic E-state index is 13.7. The molecule has 10 heteroatoms. The van der Waals surface area contributed by atoms with E-state index < -0.39 is 0 Å². The van der Waals surface area contributed by atoms with Crippen LogP contribution >= 0.6 is 0 Å². The lowest BCUT2D eigenvalue weighted by Crippen LogP contribution is -1.99. The van der Waals surface area contributed by atoms with Crippen molar-refractivity contribution in [2.75, 3.05) is 12.4 Å². The third-order valence-electron chi connectivity index (χ3n) is 3.82. The molecule has 0 unspecified atom stereocenters. The van der Waals surface area contributed by atoms with Gasteiger partial charge < -0.3 is 10.1 Å². The van der Waals surface area contributed by atoms with Crippen molar-refractivity contribution in [1.29, 1.82) is 0 Å². The van der Waals surface area contributed by atoms with Gasteiger partial charge in [-0.1, -0.05) is 30.3 Å². The van der Waals surface area contributed by atoms with Gasteiger partial charge in [-0.25, -0.2) is 14.0 Å². The fourth-order valence-electron chi connectivity index (χ4n) is 2.46. The SMILES string of the molecule is COc1ccccc1Nc1nc2nonc2nc1N=NCc1ccccc1F. The number of azo groups is 1. The number of aromatic nitrogens is 4. The fourth-order valence-corrected chi connectivity index (χ4v) is 2.46. The van der Waals surface area contributed by atoms with Gasteiger partial charge >= 0.3 is 0 Å². The van der Waals surface area contributed by atoms with Crippen molar-refractivity contribution in [3.63, 3.8) is 0 Å². The summed E-state index contributed by atoms with van der Waals surface area (Å²) in [5.41, 5.74) is 1.47. The molecule has 0 radical (unpaired) electrons. The van der Waals surface area contributed by atoms with E-state index in [0.717, 1.165) is 0 Å². The van der Waals surface area contributed by atoms with Gasteiger partial charge in [0.2, 0.25) is 17.1 Å². The Labute approximate surface area is 158 Å². The summed E-state index contributed by atoms with van der Waals surface area (Å²) in [5, 5.41) is 18.6. The third kappa shape index (κ3) is 3.61. The lowest BCUT2D eigenvalue weighted by molar-refractivity contribution is 0.314. The van der Waals surface area contributed by atoms with Crippen LogP contribution in [0.15, 0.2) is 63.4 Å². The van der Waals surface area contributed by atoms with E-state index in [1.807, 2.05) is 18.2 Å². The molecule has 2 heterocycles. The van der Waals surface area contributed by atoms with Crippen LogP contribution in [-0.4, -0.2) is 27.4 Å². The molecule has 2 aromatic heterocycles. The molecule has 0 aliphatic rings. The van der Waals surface area contributed by atoms with Crippen molar-refractivity contribution < 1.29 is 13.8 Å². The lowest BCUT2D eigenvalue weighted by atomic mass is 10.2. The molecule has 0 bridgehead atoms. The minimum atomic E-state index is -0.351. The van der Waals surface area contributed by atoms with Crippen LogP contribution in [0, 0.1) is 5.82 Å². The first kappa shape index (κ1) is 17.5. The van der Waals surface area contributed by atoms with Gasteiger partial charge in [-0.2, -0.15) is 10.1 Å². The predicted octanol–water partition coefficient (Wildman–Crippen LogP) is 4.19. The molecule has 0 saturated heterocycles. The highest BCUT2D eigenvalue weighted by molar-refractivity contribution is 5.76. The number of rotatable bonds is 6. The summed E-state index contributed by atoms with van der Waals surface area (Å²) in [6.45, 7) is 0.0531. The van der Waals surface area contributed by atoms with Gasteiger partial charge in [-0.05, 0) is 28.5 Å². The van der Waals surface area contributed by atoms with Crippen molar-refractivity contribution in [3.8, 4) is 5.75 Å². The van der Waals surface area contributed by atoms with Crippen LogP contribution in [0.3, 0.4) is 0 Å². The number of para-hydroxylation sites is 2. The van der Waals surface area contributed by atoms with Crippen molar-refractivity contribution in [2.45, 2.75) is 6.54 Å². The third-order valence-corrected chi connectivity index (χ3v) is 3.82. The molecule has 140 valence electrons. The lowest BCUT2D eigenvalue weighted by Gasteiger charge is -2.10. The van der Waals surface area contributed by atoms with Crippen LogP contribution in [-0.2, 0) is 6.54 Å². The minimum absolute atomic E-state index is 0.0531. The molecule has 0 aliphatic carbocycles. The van der Waals surface area contributed by atoms with Crippen LogP contribution in [0.25, 0.3) is 11.3 Å². The van der Waals surface area contributed by atoms with E-state index in [-0.39, 0.29) is 35.3 Å². The van der Waals surface area contributed by atoms with Crippen molar-refractivity contribution >= 4 is 28.6 Å². The summed E-state index contributed by atoms with van der Waals surface area (Å²) >= 11 is 0. The quantitative estimate of drug-likeness (QED) is 0.500. The molecule has 0 aliphatic heterocycles. The number of ether oxygens (including phenoxy) is 1. The molecule has 0 atom stereocenters. The van der Waals surface area contributed by atoms with E-state index in [9.17, 15) is 4.39 Å². The summed E-state index contributed by atoms with van der Waals surface area (Å²) in [7, 11) is 1.56. The van der Waals surface area contributed by atoms with Crippen molar-refractivity contribution in [1.82, 2.24) is 20.3 Å². The second-order valence-electron chi connectivity index (χ2n) is 5.62. The van der Waals surface area contributed by atoms with E-state index in [1.165, 1.54) is 6.07 Å². The van der Waals surface area contributed by atoms with Crippen LogP contribution in [0.5, 0.6) is 5.75 Å². The first-order valence-electron chi connectivity index (χ1n) is 8.26. The minimum Gasteiger partial charge on any atom is -0.495 e. The fraction of sp³-hybridized carbons (Fsp3) is 0.111. The Morgan fingerprint density at radius 2 is 1.79 bits per heavy atom. The number of nitrogens with zero attached hydrogens (tertiary/aromatic N) is 6. The Morgan fingerprint density at radius 3 is 2.61 bits per heavy atom. The number of halogens is 1. The summed E-state index contributed by atoms with van der Waals surface area (Å²) in [5.74, 6) is 0.698. The van der Waals surface area contributed by atoms with Gasteiger partial charge in [-0.15, -0.1) is 5.11 Å². The summed E-state index contributed by atoms with van der Waals surface area (Å²) < 4.78 is 23.7. The molecule has 0 saturated carbocycles. The van der Waals surface area contributed by atoms with Gasteiger partial charge in [0.25, 0.3) is 0 Å². The van der Waals surface area contributed by atoms with Crippen LogP contribution in [0.2, 0.25) is 0 Å². The highest BCUT2D eigenvalue weighted by Gasteiger charge is 2.14. The van der Waals surface area contributed by atoms with Crippen molar-refractivity contribution in [2.24, 2.45) is 10.2 Å². The Hall–Kier alpha value is -3.95. The average Bonchev–Trinajstić information content (AvgIpc) is 3.17. The topological polar surface area (TPSA) is 111 Å². The number of fused-ring (bicyclic) bond motifs is 1. The Kier molecular flexibility index (Phi) is 4.83. The molecule has 9 nitrogen and oxygen atoms in total. The second-order valence-corrected chi connectivity index (χ2v) is 5.62. The van der Waals surface area contributed by atoms with Gasteiger partial charge in [0, 0.05) is 5.56 Å². The maximum Gasteiger partial charge on any atom is 0.245 e. The monoisotopic (exact) mass is 379 g/mol. The molecule has 0 fully saturated rings. The van der Waals surface area contributed by atoms with Gasteiger partial charge in [0.05, 0.1) is 19.3 Å². The first-order valence-corrected chi connectivity index (χ1v) is 8.26. The van der Waals surface area contributed by atoms with Gasteiger partial charge in [0.1, 0.15) is 11.6 Å². The number of hydrogen-bond donors (Lipinski definition) is 1. The van der Waals surface area contributed by atoms with E-state index in [0.29, 0.717) is 17.0 Å². The molecule has 1 N–H and O–H groups in total. The molecule has 4 rings (SSSR count). The van der Waals surface area contributed by atoms with Crippen LogP contribution in [0.4, 0.5) is 21.7 Å². The zero-order valence-corrected chi connectivity index (χ0v) is 14.7. The molecule has 0 amide bonds. The van der Waals surface area contributed by atoms with Crippen LogP contribution in [0.1, 0.15) is 5.56 Å². The molecule has 0 spiro atoms. The number of methoxy groups -OCH3 is 1. The highest BCUT2D eigenvalue weighted by atomic mass is 19.1. The normalized spacial score (nSPS) is 11.2. The molecule has 4 aromatic rings. The average molecular weight is 379 g/mol. The smallest absolute Gasteiger partial charge is 0.245 e. The number of nitrogens with one attached hydrogen (secondary N) is 1. The van der Waals surface area contributed by atoms with Gasteiger partial charge in [0.15, 0.2) is 5.82 Å². The Balaban J connectivity index is 1.67. The summed E-state index contributed by atoms with van der Waals surface area (Å²) in [6, 6.07) is 13.6. The standard InChI is InChI=1S/C18H14FN7O2/c1-27-14-9-5-4-8-13(14)21-15-16(23-18-17(22-15)25-28-26-18)24-20-10-11-6-2-3-7-12(11)19/h2-9H,10H2,1H3,(H,21,22,25). The van der Waals surface area contributed by atoms with E-state index in [2.05, 4.69) is 40.5 Å². The summed E-state index contributed by atoms with van der Waals surface area (Å²) in [6.07, 6.45) is 0. The number of benzene rings is 2. The number of hydrogen-bond acceptors (Lipinski definition) is 9. The number of anilines is 2. The summed E-state index contributed by atoms with van der Waals surface area (Å²) in [4.78, 5) is 8.58. The Morgan fingerprint density at radius 1 is 1.04 bits per heavy atom.